The van der Waals surface area contributed by atoms with E-state index in [9.17, 15) is 9.18 Å². The van der Waals surface area contributed by atoms with Crippen LogP contribution in [0.5, 0.6) is 11.5 Å². The standard InChI is InChI=1S/C20H19FN2O5S/c1-25-16-8-3-13(11-17(16)26-2)20-22-18(28-23-20)12-27-19(24)9-10-29-15-6-4-14(21)5-7-15/h3-8,11H,9-10,12H2,1-2H3. The van der Waals surface area contributed by atoms with Crippen molar-refractivity contribution in [3.63, 3.8) is 0 Å². The molecule has 9 heteroatoms. The maximum atomic E-state index is 12.9. The molecule has 0 radical (unpaired) electrons. The van der Waals surface area contributed by atoms with E-state index in [-0.39, 0.29) is 30.7 Å². The van der Waals surface area contributed by atoms with Crippen molar-refractivity contribution in [1.29, 1.82) is 0 Å². The number of methoxy groups -OCH3 is 2. The molecule has 152 valence electrons. The number of thioether (sulfide) groups is 1. The predicted molar refractivity (Wildman–Crippen MR) is 104 cm³/mol. The third-order valence-corrected chi connectivity index (χ3v) is 4.87. The Balaban J connectivity index is 1.48. The van der Waals surface area contributed by atoms with Gasteiger partial charge in [-0.2, -0.15) is 4.98 Å². The van der Waals surface area contributed by atoms with E-state index in [1.807, 2.05) is 0 Å². The molecule has 0 bridgehead atoms. The Labute approximate surface area is 171 Å². The van der Waals surface area contributed by atoms with Crippen LogP contribution >= 0.6 is 11.8 Å². The van der Waals surface area contributed by atoms with E-state index in [0.29, 0.717) is 28.6 Å². The predicted octanol–water partition coefficient (Wildman–Crippen LogP) is 4.12. The molecular weight excluding hydrogens is 399 g/mol. The molecule has 0 aliphatic rings. The minimum atomic E-state index is -0.384. The van der Waals surface area contributed by atoms with Gasteiger partial charge in [0.05, 0.1) is 20.6 Å². The van der Waals surface area contributed by atoms with Gasteiger partial charge in [-0.3, -0.25) is 4.79 Å². The van der Waals surface area contributed by atoms with Gasteiger partial charge < -0.3 is 18.7 Å². The van der Waals surface area contributed by atoms with Crippen molar-refractivity contribution in [2.24, 2.45) is 0 Å². The minimum absolute atomic E-state index is 0.111. The second-order valence-corrected chi connectivity index (χ2v) is 6.96. The van der Waals surface area contributed by atoms with Gasteiger partial charge in [0.15, 0.2) is 18.1 Å². The Hall–Kier alpha value is -3.07. The minimum Gasteiger partial charge on any atom is -0.493 e. The summed E-state index contributed by atoms with van der Waals surface area (Å²) in [7, 11) is 3.09. The van der Waals surface area contributed by atoms with Crippen molar-refractivity contribution >= 4 is 17.7 Å². The summed E-state index contributed by atoms with van der Waals surface area (Å²) in [4.78, 5) is 17.0. The molecule has 0 amide bonds. The zero-order valence-electron chi connectivity index (χ0n) is 15.9. The Kier molecular flexibility index (Phi) is 7.07. The van der Waals surface area contributed by atoms with Crippen LogP contribution in [0.25, 0.3) is 11.4 Å². The lowest BCUT2D eigenvalue weighted by molar-refractivity contribution is -0.145. The lowest BCUT2D eigenvalue weighted by Gasteiger charge is -2.07. The average Bonchev–Trinajstić information content (AvgIpc) is 3.22. The first-order valence-electron chi connectivity index (χ1n) is 8.68. The van der Waals surface area contributed by atoms with Gasteiger partial charge in [0, 0.05) is 16.2 Å². The number of hydrogen-bond acceptors (Lipinski definition) is 8. The van der Waals surface area contributed by atoms with E-state index in [2.05, 4.69) is 10.1 Å². The van der Waals surface area contributed by atoms with Gasteiger partial charge in [-0.05, 0) is 42.5 Å². The summed E-state index contributed by atoms with van der Waals surface area (Å²) in [6.07, 6.45) is 0.207. The van der Waals surface area contributed by atoms with Gasteiger partial charge >= 0.3 is 5.97 Å². The van der Waals surface area contributed by atoms with Crippen LogP contribution in [0.1, 0.15) is 12.3 Å². The summed E-state index contributed by atoms with van der Waals surface area (Å²) >= 11 is 1.45. The van der Waals surface area contributed by atoms with Crippen molar-refractivity contribution in [1.82, 2.24) is 10.1 Å². The lowest BCUT2D eigenvalue weighted by Crippen LogP contribution is -2.05. The number of carbonyl (C=O) groups is 1. The van der Waals surface area contributed by atoms with Crippen LogP contribution in [0.4, 0.5) is 4.39 Å². The molecular formula is C20H19FN2O5S. The zero-order chi connectivity index (χ0) is 20.6. The molecule has 0 N–H and O–H groups in total. The van der Waals surface area contributed by atoms with Gasteiger partial charge in [0.25, 0.3) is 5.89 Å². The first-order chi connectivity index (χ1) is 14.1. The Morgan fingerprint density at radius 1 is 1.10 bits per heavy atom. The number of ether oxygens (including phenoxy) is 3. The maximum absolute atomic E-state index is 12.9. The molecule has 0 aliphatic heterocycles. The van der Waals surface area contributed by atoms with Crippen molar-refractivity contribution < 1.29 is 27.9 Å². The average molecular weight is 418 g/mol. The fourth-order valence-corrected chi connectivity index (χ4v) is 3.24. The zero-order valence-corrected chi connectivity index (χ0v) is 16.7. The molecule has 0 fully saturated rings. The summed E-state index contributed by atoms with van der Waals surface area (Å²) < 4.78 is 33.6. The summed E-state index contributed by atoms with van der Waals surface area (Å²) in [5.74, 6) is 1.52. The molecule has 1 heterocycles. The second-order valence-electron chi connectivity index (χ2n) is 5.79. The molecule has 0 aliphatic carbocycles. The van der Waals surface area contributed by atoms with E-state index in [1.54, 1.807) is 37.4 Å². The molecule has 29 heavy (non-hydrogen) atoms. The number of benzene rings is 2. The molecule has 0 saturated carbocycles. The van der Waals surface area contributed by atoms with E-state index in [4.69, 9.17) is 18.7 Å². The normalized spacial score (nSPS) is 10.6. The Bertz CT molecular complexity index is 962. The van der Waals surface area contributed by atoms with Crippen LogP contribution in [-0.4, -0.2) is 36.1 Å². The van der Waals surface area contributed by atoms with E-state index in [0.717, 1.165) is 4.90 Å². The van der Waals surface area contributed by atoms with Gasteiger partial charge in [-0.25, -0.2) is 4.39 Å². The van der Waals surface area contributed by atoms with E-state index < -0.39 is 0 Å². The van der Waals surface area contributed by atoms with Crippen LogP contribution in [0.2, 0.25) is 0 Å². The number of esters is 1. The molecule has 1 aromatic heterocycles. The van der Waals surface area contributed by atoms with Crippen LogP contribution in [0.15, 0.2) is 51.9 Å². The first-order valence-corrected chi connectivity index (χ1v) is 9.66. The Morgan fingerprint density at radius 3 is 2.59 bits per heavy atom. The fourth-order valence-electron chi connectivity index (χ4n) is 2.40. The molecule has 3 rings (SSSR count). The highest BCUT2D eigenvalue weighted by Crippen LogP contribution is 2.31. The highest BCUT2D eigenvalue weighted by Gasteiger charge is 2.13. The third kappa shape index (κ3) is 5.71. The molecule has 2 aromatic carbocycles. The summed E-state index contributed by atoms with van der Waals surface area (Å²) in [5.41, 5.74) is 0.680. The number of aromatic nitrogens is 2. The summed E-state index contributed by atoms with van der Waals surface area (Å²) in [6, 6.07) is 11.3. The number of carbonyl (C=O) groups excluding carboxylic acids is 1. The smallest absolute Gasteiger partial charge is 0.307 e. The van der Waals surface area contributed by atoms with E-state index in [1.165, 1.54) is 31.0 Å². The van der Waals surface area contributed by atoms with E-state index >= 15 is 0 Å². The lowest BCUT2D eigenvalue weighted by atomic mass is 10.2. The monoisotopic (exact) mass is 418 g/mol. The fraction of sp³-hybridized carbons (Fsp3) is 0.250. The van der Waals surface area contributed by atoms with Crippen LogP contribution in [0.3, 0.4) is 0 Å². The van der Waals surface area contributed by atoms with Gasteiger partial charge in [0.2, 0.25) is 5.82 Å². The molecule has 0 saturated heterocycles. The highest BCUT2D eigenvalue weighted by molar-refractivity contribution is 7.99. The Morgan fingerprint density at radius 2 is 1.86 bits per heavy atom. The summed E-state index contributed by atoms with van der Waals surface area (Å²) in [6.45, 7) is -0.111. The number of hydrogen-bond donors (Lipinski definition) is 0. The van der Waals surface area contributed by atoms with Crippen LogP contribution in [0, 0.1) is 5.82 Å². The largest absolute Gasteiger partial charge is 0.493 e. The number of halogens is 1. The quantitative estimate of drug-likeness (QED) is 0.379. The molecule has 0 spiro atoms. The van der Waals surface area contributed by atoms with Gasteiger partial charge in [-0.15, -0.1) is 11.8 Å². The summed E-state index contributed by atoms with van der Waals surface area (Å²) in [5, 5.41) is 3.90. The van der Waals surface area contributed by atoms with Crippen LogP contribution < -0.4 is 9.47 Å². The maximum Gasteiger partial charge on any atom is 0.307 e. The molecule has 0 atom stereocenters. The third-order valence-electron chi connectivity index (χ3n) is 3.86. The van der Waals surface area contributed by atoms with Gasteiger partial charge in [-0.1, -0.05) is 5.16 Å². The van der Waals surface area contributed by atoms with Crippen molar-refractivity contribution in [2.75, 3.05) is 20.0 Å². The SMILES string of the molecule is COc1ccc(-c2noc(COC(=O)CCSc3ccc(F)cc3)n2)cc1OC. The van der Waals surface area contributed by atoms with Gasteiger partial charge in [0.1, 0.15) is 5.82 Å². The first kappa shape index (κ1) is 20.7. The van der Waals surface area contributed by atoms with Crippen LogP contribution in [-0.2, 0) is 16.1 Å². The molecule has 0 unspecified atom stereocenters. The second kappa shape index (κ2) is 9.92. The van der Waals surface area contributed by atoms with Crippen molar-refractivity contribution in [2.45, 2.75) is 17.9 Å². The van der Waals surface area contributed by atoms with Crippen molar-refractivity contribution in [3.05, 3.63) is 54.2 Å². The number of nitrogens with zero attached hydrogens (tertiary/aromatic N) is 2. The molecule has 7 nitrogen and oxygen atoms in total. The highest BCUT2D eigenvalue weighted by atomic mass is 32.2. The topological polar surface area (TPSA) is 83.7 Å². The number of rotatable bonds is 9. The molecule has 3 aromatic rings. The van der Waals surface area contributed by atoms with Crippen molar-refractivity contribution in [3.8, 4) is 22.9 Å².